The summed E-state index contributed by atoms with van der Waals surface area (Å²) in [6.07, 6.45) is 36.1. The van der Waals surface area contributed by atoms with Crippen molar-refractivity contribution in [1.29, 1.82) is 0 Å². The third-order valence-electron chi connectivity index (χ3n) is 22.3. The maximum absolute atomic E-state index is 12.5. The Bertz CT molecular complexity index is 5500. The average Bonchev–Trinajstić information content (AvgIpc) is 1.57. The molecule has 9 aromatic heterocycles. The van der Waals surface area contributed by atoms with Gasteiger partial charge in [0.05, 0.1) is 40.7 Å². The van der Waals surface area contributed by atoms with Crippen LogP contribution in [0.15, 0.2) is 33.8 Å². The van der Waals surface area contributed by atoms with E-state index in [9.17, 15) is 36.0 Å². The number of aryl methyl sites for hydroxylation is 17. The Kier molecular flexibility index (Phi) is 39.7. The Labute approximate surface area is 755 Å². The van der Waals surface area contributed by atoms with Gasteiger partial charge < -0.3 is 9.64 Å². The summed E-state index contributed by atoms with van der Waals surface area (Å²) in [6, 6.07) is 0. The maximum atomic E-state index is 12.5. The molecule has 5 aliphatic rings. The molecular weight excluding hydrogens is 1830 g/mol. The largest absolute Gasteiger partial charge is 0.480 e. The quantitative estimate of drug-likeness (QED) is 0.0281. The zero-order valence-electron chi connectivity index (χ0n) is 76.0. The van der Waals surface area contributed by atoms with Crippen LogP contribution in [0.5, 0.6) is 0 Å². The number of carbonyl (C=O) groups excluding carboxylic acids is 4. The minimum absolute atomic E-state index is 0.00269. The minimum Gasteiger partial charge on any atom is -0.480 e. The first-order valence-electron chi connectivity index (χ1n) is 43.8. The molecule has 19 nitrogen and oxygen atoms in total. The number of sulfone groups is 1. The molecule has 0 radical (unpaired) electrons. The van der Waals surface area contributed by atoms with Crippen LogP contribution in [0.4, 0.5) is 0 Å². The molecule has 5 aliphatic heterocycles. The van der Waals surface area contributed by atoms with Crippen molar-refractivity contribution in [2.45, 2.75) is 330 Å². The smallest absolute Gasteiger partial charge is 0.282 e. The Hall–Kier alpha value is -5.73. The molecule has 28 heteroatoms. The average molecular weight is 1960 g/mol. The first kappa shape index (κ1) is 101. The van der Waals surface area contributed by atoms with Gasteiger partial charge in [-0.3, -0.25) is 19.2 Å². The Morgan fingerprint density at radius 3 is 1.45 bits per heavy atom. The molecule has 121 heavy (non-hydrogen) atoms. The van der Waals surface area contributed by atoms with E-state index in [-0.39, 0.29) is 43.0 Å². The van der Waals surface area contributed by atoms with E-state index in [0.29, 0.717) is 57.3 Å². The second-order valence-corrected chi connectivity index (χ2v) is 50.2. The van der Waals surface area contributed by atoms with Gasteiger partial charge in [-0.05, 0) is 74.7 Å². The maximum Gasteiger partial charge on any atom is 0.282 e. The molecule has 0 saturated carbocycles. The molecule has 0 bridgehead atoms. The normalized spacial score (nSPS) is 13.7. The SMILES string of the molecule is CCCCCCCCC1=NS(=O)(=O)c2c(C)[se]c(C)c21.CCCCCCCCS(=O)(=O)C1=NC(=O)c2c(C)sc(C)c21.CCCCCCCCc1noc2c(C)[se]c(C)c12.CCCCCCc1nn(C)c2c(C)[se]c(C)c12.CCCCN(CCCC)C1=NC(=O)c2c(C)sc(C)c21.COC1=NC(=O)c2c(C)sc(C)c21.Cc1sc(C)c2c1C=NC2=O. The van der Waals surface area contributed by atoms with Crippen LogP contribution < -0.4 is 0 Å². The number of unbranched alkanes of at least 4 members (excludes halogenated alkanes) is 20. The van der Waals surface area contributed by atoms with Gasteiger partial charge in [0.15, 0.2) is 14.9 Å². The Morgan fingerprint density at radius 2 is 0.884 bits per heavy atom. The minimum atomic E-state index is -3.47. The van der Waals surface area contributed by atoms with E-state index >= 15 is 0 Å². The fourth-order valence-corrected chi connectivity index (χ4v) is 30.9. The second-order valence-electron chi connectivity index (χ2n) is 32.0. The molecule has 14 heterocycles. The number of ether oxygens (including phenoxy) is 1. The van der Waals surface area contributed by atoms with Crippen LogP contribution in [-0.4, -0.2) is 158 Å². The summed E-state index contributed by atoms with van der Waals surface area (Å²) in [5.41, 5.74) is 13.3. The fraction of sp³-hybridized carbons (Fsp3) is 0.581. The van der Waals surface area contributed by atoms with E-state index in [2.05, 4.69) is 129 Å². The van der Waals surface area contributed by atoms with Gasteiger partial charge in [0.25, 0.3) is 23.6 Å². The number of carbonyl (C=O) groups is 4. The molecule has 0 aromatic carbocycles. The number of aromatic nitrogens is 3. The van der Waals surface area contributed by atoms with Gasteiger partial charge in [-0.25, -0.2) is 13.4 Å². The number of hydrogen-bond acceptors (Lipinski definition) is 17. The Balaban J connectivity index is 0.000000177. The molecule has 0 atom stereocenters. The number of amides is 4. The number of sulfonamides is 1. The number of thiophene rings is 4. The van der Waals surface area contributed by atoms with Crippen molar-refractivity contribution in [2.75, 3.05) is 26.0 Å². The molecule has 4 amide bonds. The van der Waals surface area contributed by atoms with Crippen molar-refractivity contribution in [1.82, 2.24) is 19.8 Å². The first-order chi connectivity index (χ1) is 57.7. The monoisotopic (exact) mass is 1970 g/mol. The first-order valence-corrected chi connectivity index (χ1v) is 55.3. The van der Waals surface area contributed by atoms with E-state index in [1.54, 1.807) is 49.1 Å². The van der Waals surface area contributed by atoms with Gasteiger partial charge in [-0.15, -0.1) is 45.3 Å². The fourth-order valence-electron chi connectivity index (χ4n) is 16.2. The van der Waals surface area contributed by atoms with Gasteiger partial charge in [0, 0.05) is 75.0 Å². The van der Waals surface area contributed by atoms with Crippen LogP contribution in [0.3, 0.4) is 0 Å². The number of rotatable bonds is 32. The van der Waals surface area contributed by atoms with E-state index in [1.165, 1.54) is 191 Å². The summed E-state index contributed by atoms with van der Waals surface area (Å²) < 4.78 is 74.2. The number of amidine groups is 1. The number of fused-ring (bicyclic) bond motifs is 7. The molecule has 14 rings (SSSR count). The van der Waals surface area contributed by atoms with Gasteiger partial charge in [-0.1, -0.05) is 65.7 Å². The zero-order valence-corrected chi connectivity index (χ0v) is 86.0. The molecule has 0 aliphatic carbocycles. The molecule has 0 spiro atoms. The molecule has 0 unspecified atom stereocenters. The van der Waals surface area contributed by atoms with E-state index in [1.807, 2.05) is 55.4 Å². The summed E-state index contributed by atoms with van der Waals surface area (Å²) in [5.74, 6) is 0.762. The van der Waals surface area contributed by atoms with Crippen LogP contribution >= 0.6 is 45.3 Å². The topological polar surface area (TPSA) is 255 Å². The number of nitrogens with zero attached hydrogens (tertiary/aromatic N) is 9. The van der Waals surface area contributed by atoms with E-state index in [4.69, 9.17) is 14.4 Å². The van der Waals surface area contributed by atoms with E-state index < -0.39 is 25.8 Å². The van der Waals surface area contributed by atoms with Crippen molar-refractivity contribution < 1.29 is 45.3 Å². The van der Waals surface area contributed by atoms with Crippen molar-refractivity contribution in [3.8, 4) is 0 Å². The van der Waals surface area contributed by atoms with Crippen LogP contribution in [0.25, 0.3) is 21.9 Å². The summed E-state index contributed by atoms with van der Waals surface area (Å²) >= 11 is 7.75. The predicted octanol–water partition coefficient (Wildman–Crippen LogP) is 23.4. The Morgan fingerprint density at radius 1 is 0.446 bits per heavy atom. The summed E-state index contributed by atoms with van der Waals surface area (Å²) in [6.45, 7) is 43.9. The molecule has 662 valence electrons. The third-order valence-corrected chi connectivity index (χ3v) is 36.2. The van der Waals surface area contributed by atoms with Crippen LogP contribution in [0.2, 0.25) is 0 Å². The zero-order chi connectivity index (χ0) is 88.7. The molecule has 0 fully saturated rings. The van der Waals surface area contributed by atoms with Gasteiger partial charge in [0.1, 0.15) is 5.84 Å². The van der Waals surface area contributed by atoms with Crippen LogP contribution in [0, 0.1) is 96.9 Å². The van der Waals surface area contributed by atoms with Crippen molar-refractivity contribution in [2.24, 2.45) is 31.4 Å². The van der Waals surface area contributed by atoms with Crippen LogP contribution in [-0.2, 0) is 44.5 Å². The number of hydrogen-bond donors (Lipinski definition) is 0. The van der Waals surface area contributed by atoms with Gasteiger partial charge in [-0.2, -0.15) is 15.0 Å². The molecule has 9 aromatic rings. The molecular formula is C93H131N9O10S6Se3. The predicted molar refractivity (Wildman–Crippen MR) is 512 cm³/mol. The molecule has 0 N–H and O–H groups in total. The van der Waals surface area contributed by atoms with Crippen molar-refractivity contribution in [3.05, 3.63) is 127 Å². The summed E-state index contributed by atoms with van der Waals surface area (Å²) in [4.78, 5) is 73.7. The van der Waals surface area contributed by atoms with Gasteiger partial charge in [0.2, 0.25) is 5.90 Å². The van der Waals surface area contributed by atoms with Crippen molar-refractivity contribution >= 4 is 183 Å². The van der Waals surface area contributed by atoms with E-state index in [0.717, 1.165) is 161 Å². The summed E-state index contributed by atoms with van der Waals surface area (Å²) in [7, 11) is -3.23. The van der Waals surface area contributed by atoms with Crippen molar-refractivity contribution in [3.63, 3.8) is 0 Å². The number of methoxy groups -OCH3 is 1. The summed E-state index contributed by atoms with van der Waals surface area (Å²) in [5, 5.41) is 11.8. The van der Waals surface area contributed by atoms with Crippen LogP contribution in [0.1, 0.15) is 361 Å². The molecule has 0 saturated heterocycles. The standard InChI is InChI=1S/C16H24N2OS.C16H23NO3S2.C15H23NO2SSe.C15H23NOSe.C14H22N2Se.C9H9NO2S.C8H7NOS/c1-5-7-9-18(10-8-6-2)15-13-11(3)20-12(4)14(13)16(19)17-15;1-4-5-6-7-8-9-10-22(19,20)16-14-12(3)21-11(2)13(14)15(18)17-16;1-4-5-6-7-8-9-10-13-14-11(2)20-12(3)15(14)19(17,18)16-13;1-4-5-6-7-8-9-10-13-14-11(2)18-12(3)15(14)17-16-13;1-5-6-7-8-9-12-13-10(2)17-11(3)14(13)16(4)15-12;1-4-6-7(5(2)13-4)9(12-3)10-8(6)11;1-4-6-3-9-8(10)7(6)5(2)11-4/h5-10H2,1-4H3;4-10H2,1-3H3;4-10H2,1-3H3;4-10H2,1-3H3;5-9H2,1-4H3;1-3H3;3H,1-2H3. The second kappa shape index (κ2) is 47.7. The number of aliphatic imine (C=N–C) groups is 4. The third kappa shape index (κ3) is 25.4. The van der Waals surface area contributed by atoms with Gasteiger partial charge >= 0.3 is 353 Å².